The lowest BCUT2D eigenvalue weighted by molar-refractivity contribution is -0.106. The predicted molar refractivity (Wildman–Crippen MR) is 122 cm³/mol. The Labute approximate surface area is 177 Å². The Morgan fingerprint density at radius 3 is 2.55 bits per heavy atom. The summed E-state index contributed by atoms with van der Waals surface area (Å²) in [6.07, 6.45) is 2.94. The smallest absolute Gasteiger partial charge is 0.215 e. The van der Waals surface area contributed by atoms with Gasteiger partial charge in [0.05, 0.1) is 38.6 Å². The van der Waals surface area contributed by atoms with E-state index >= 15 is 0 Å². The number of methoxy groups -OCH3 is 1. The van der Waals surface area contributed by atoms with Gasteiger partial charge in [-0.3, -0.25) is 0 Å². The number of aromatic nitrogens is 1. The minimum atomic E-state index is -1.89. The summed E-state index contributed by atoms with van der Waals surface area (Å²) in [4.78, 5) is 15.3. The fourth-order valence-corrected chi connectivity index (χ4v) is 3.33. The van der Waals surface area contributed by atoms with Crippen LogP contribution in [0.3, 0.4) is 0 Å². The van der Waals surface area contributed by atoms with Gasteiger partial charge < -0.3 is 29.3 Å². The summed E-state index contributed by atoms with van der Waals surface area (Å²) < 4.78 is 17.6. The van der Waals surface area contributed by atoms with Gasteiger partial charge >= 0.3 is 0 Å². The summed E-state index contributed by atoms with van der Waals surface area (Å²) in [5.41, 5.74) is 0.740. The number of hydrogen-bond acceptors (Lipinski definition) is 7. The maximum Gasteiger partial charge on any atom is 0.215 e. The molecule has 0 unspecified atom stereocenters. The molecule has 0 spiro atoms. The van der Waals surface area contributed by atoms with E-state index in [9.17, 15) is 4.79 Å². The molecule has 0 amide bonds. The molecule has 0 radical (unpaired) electrons. The summed E-state index contributed by atoms with van der Waals surface area (Å²) in [5.74, 6) is 1.12. The molecule has 7 nitrogen and oxygen atoms in total. The van der Waals surface area contributed by atoms with Crippen molar-refractivity contribution in [1.82, 2.24) is 4.98 Å². The molecule has 0 fully saturated rings. The second-order valence-corrected chi connectivity index (χ2v) is 13.4. The zero-order chi connectivity index (χ0) is 21.9. The average Bonchev–Trinajstić information content (AvgIpc) is 2.67. The molecule has 2 N–H and O–H groups in total. The van der Waals surface area contributed by atoms with E-state index in [4.69, 9.17) is 13.9 Å². The monoisotopic (exact) mass is 425 g/mol. The maximum atomic E-state index is 10.8. The molecule has 1 heterocycles. The van der Waals surface area contributed by atoms with Crippen LogP contribution in [0, 0.1) is 0 Å². The van der Waals surface area contributed by atoms with Gasteiger partial charge in [0, 0.05) is 12.7 Å². The van der Waals surface area contributed by atoms with E-state index in [1.165, 1.54) is 0 Å². The molecule has 29 heavy (non-hydrogen) atoms. The van der Waals surface area contributed by atoms with Crippen LogP contribution in [0.4, 0.5) is 11.5 Å². The molecule has 166 valence electrons. The molecule has 1 aromatic rings. The zero-order valence-electron chi connectivity index (χ0n) is 19.1. The molecule has 0 aromatic carbocycles. The van der Waals surface area contributed by atoms with Crippen molar-refractivity contribution in [2.24, 2.45) is 0 Å². The largest absolute Gasteiger partial charge is 0.481 e. The molecule has 1 rings (SSSR count). The van der Waals surface area contributed by atoms with E-state index in [0.29, 0.717) is 24.9 Å². The van der Waals surface area contributed by atoms with Crippen molar-refractivity contribution in [3.8, 4) is 5.88 Å². The van der Waals surface area contributed by atoms with E-state index in [0.717, 1.165) is 31.4 Å². The number of pyridine rings is 1. The van der Waals surface area contributed by atoms with E-state index in [2.05, 4.69) is 56.4 Å². The van der Waals surface area contributed by atoms with Crippen LogP contribution < -0.4 is 15.4 Å². The minimum absolute atomic E-state index is 0.0719. The van der Waals surface area contributed by atoms with Crippen molar-refractivity contribution < 1.29 is 18.7 Å². The van der Waals surface area contributed by atoms with Crippen LogP contribution in [0.2, 0.25) is 18.1 Å². The van der Waals surface area contributed by atoms with Gasteiger partial charge in [0.1, 0.15) is 6.29 Å². The van der Waals surface area contributed by atoms with Gasteiger partial charge in [-0.2, -0.15) is 4.98 Å². The van der Waals surface area contributed by atoms with E-state index in [-0.39, 0.29) is 17.6 Å². The van der Waals surface area contributed by atoms with Crippen LogP contribution in [0.5, 0.6) is 5.88 Å². The average molecular weight is 426 g/mol. The number of hydrogen-bond donors (Lipinski definition) is 2. The third-order valence-corrected chi connectivity index (χ3v) is 9.71. The Morgan fingerprint density at radius 1 is 1.24 bits per heavy atom. The number of rotatable bonds is 14. The first-order valence-corrected chi connectivity index (χ1v) is 13.3. The Hall–Kier alpha value is -1.64. The number of nitrogens with one attached hydrogen (secondary N) is 2. The van der Waals surface area contributed by atoms with E-state index < -0.39 is 8.32 Å². The molecule has 0 aliphatic rings. The molecule has 0 aliphatic heterocycles. The molecule has 0 bridgehead atoms. The SMILES string of the molecule is CCCCOC[C@@H](CO[Si](C)(C)C(C)(C)C)Nc1nc(OC)ccc1NCC=O. The van der Waals surface area contributed by atoms with Crippen molar-refractivity contribution in [1.29, 1.82) is 0 Å². The summed E-state index contributed by atoms with van der Waals surface area (Å²) in [6.45, 7) is 15.3. The van der Waals surface area contributed by atoms with Crippen LogP contribution >= 0.6 is 0 Å². The molecule has 0 saturated carbocycles. The summed E-state index contributed by atoms with van der Waals surface area (Å²) in [7, 11) is -0.314. The van der Waals surface area contributed by atoms with Crippen LogP contribution in [0.15, 0.2) is 12.1 Å². The maximum absolute atomic E-state index is 10.8. The third kappa shape index (κ3) is 8.72. The Bertz CT molecular complexity index is 620. The molecule has 1 atom stereocenters. The van der Waals surface area contributed by atoms with E-state index in [1.54, 1.807) is 13.2 Å². The normalized spacial score (nSPS) is 13.1. The number of nitrogens with zero attached hydrogens (tertiary/aromatic N) is 1. The number of ether oxygens (including phenoxy) is 2. The van der Waals surface area contributed by atoms with Gasteiger partial charge in [-0.05, 0) is 30.6 Å². The first-order valence-electron chi connectivity index (χ1n) is 10.4. The number of anilines is 2. The van der Waals surface area contributed by atoms with Gasteiger partial charge in [-0.1, -0.05) is 34.1 Å². The highest BCUT2D eigenvalue weighted by molar-refractivity contribution is 6.74. The number of aldehydes is 1. The quantitative estimate of drug-likeness (QED) is 0.261. The summed E-state index contributed by atoms with van der Waals surface area (Å²) >= 11 is 0. The molecular weight excluding hydrogens is 386 g/mol. The number of carbonyl (C=O) groups is 1. The molecule has 0 saturated heterocycles. The van der Waals surface area contributed by atoms with Crippen molar-refractivity contribution in [2.75, 3.05) is 44.1 Å². The Balaban J connectivity index is 2.96. The zero-order valence-corrected chi connectivity index (χ0v) is 20.1. The van der Waals surface area contributed by atoms with Gasteiger partial charge in [0.25, 0.3) is 0 Å². The summed E-state index contributed by atoms with van der Waals surface area (Å²) in [5, 5.41) is 6.64. The fraction of sp³-hybridized carbons (Fsp3) is 0.714. The molecule has 0 aliphatic carbocycles. The van der Waals surface area contributed by atoms with Crippen molar-refractivity contribution in [3.05, 3.63) is 12.1 Å². The molecule has 8 heteroatoms. The second kappa shape index (κ2) is 12.1. The van der Waals surface area contributed by atoms with Crippen molar-refractivity contribution in [3.63, 3.8) is 0 Å². The second-order valence-electron chi connectivity index (χ2n) is 8.64. The molecule has 1 aromatic heterocycles. The van der Waals surface area contributed by atoms with Gasteiger partial charge in [0.2, 0.25) is 5.88 Å². The standard InChI is InChI=1S/C21H39N3O4Si/c1-8-9-14-27-15-17(16-28-29(6,7)21(2,3)4)23-20-18(22-12-13-25)10-11-19(24-20)26-5/h10-11,13,17,22H,8-9,12,14-16H2,1-7H3,(H,23,24)/t17-/m0/s1. The topological polar surface area (TPSA) is 81.7 Å². The van der Waals surface area contributed by atoms with Gasteiger partial charge in [-0.15, -0.1) is 0 Å². The lowest BCUT2D eigenvalue weighted by Crippen LogP contribution is -2.44. The highest BCUT2D eigenvalue weighted by Gasteiger charge is 2.37. The van der Waals surface area contributed by atoms with E-state index in [1.807, 2.05) is 6.07 Å². The van der Waals surface area contributed by atoms with Crippen LogP contribution in [-0.4, -0.2) is 59.1 Å². The third-order valence-electron chi connectivity index (χ3n) is 5.21. The van der Waals surface area contributed by atoms with Gasteiger partial charge in [0.15, 0.2) is 14.1 Å². The Morgan fingerprint density at radius 2 is 1.97 bits per heavy atom. The highest BCUT2D eigenvalue weighted by atomic mass is 28.4. The Kier molecular flexibility index (Phi) is 10.6. The van der Waals surface area contributed by atoms with Gasteiger partial charge in [-0.25, -0.2) is 0 Å². The van der Waals surface area contributed by atoms with Crippen molar-refractivity contribution >= 4 is 26.1 Å². The van der Waals surface area contributed by atoms with Crippen LogP contribution in [0.1, 0.15) is 40.5 Å². The minimum Gasteiger partial charge on any atom is -0.481 e. The van der Waals surface area contributed by atoms with Crippen molar-refractivity contribution in [2.45, 2.75) is 64.7 Å². The number of unbranched alkanes of at least 4 members (excludes halogenated alkanes) is 1. The number of carbonyl (C=O) groups excluding carboxylic acids is 1. The predicted octanol–water partition coefficient (Wildman–Crippen LogP) is 4.32. The highest BCUT2D eigenvalue weighted by Crippen LogP contribution is 2.36. The fourth-order valence-electron chi connectivity index (χ4n) is 2.28. The molecular formula is C21H39N3O4Si. The lowest BCUT2D eigenvalue weighted by Gasteiger charge is -2.37. The summed E-state index contributed by atoms with van der Waals surface area (Å²) in [6, 6.07) is 3.54. The lowest BCUT2D eigenvalue weighted by atomic mass is 10.2. The first kappa shape index (κ1) is 25.4. The van der Waals surface area contributed by atoms with Crippen LogP contribution in [0.25, 0.3) is 0 Å². The first-order chi connectivity index (χ1) is 13.6. The van der Waals surface area contributed by atoms with Crippen LogP contribution in [-0.2, 0) is 14.0 Å².